The van der Waals surface area contributed by atoms with Crippen molar-refractivity contribution < 1.29 is 9.66 Å². The largest absolute Gasteiger partial charge is 0.497 e. The summed E-state index contributed by atoms with van der Waals surface area (Å²) in [5, 5.41) is 14.3. The van der Waals surface area contributed by atoms with E-state index in [1.807, 2.05) is 31.2 Å². The van der Waals surface area contributed by atoms with Crippen LogP contribution in [0.1, 0.15) is 17.0 Å². The van der Waals surface area contributed by atoms with E-state index in [9.17, 15) is 10.1 Å². The third-order valence-corrected chi connectivity index (χ3v) is 3.12. The van der Waals surface area contributed by atoms with Crippen LogP contribution in [0.3, 0.4) is 0 Å². The van der Waals surface area contributed by atoms with E-state index in [2.05, 4.69) is 10.3 Å². The number of halogens is 1. The number of anilines is 1. The molecule has 1 N–H and O–H groups in total. The van der Waals surface area contributed by atoms with Crippen molar-refractivity contribution in [3.8, 4) is 5.75 Å². The maximum Gasteiger partial charge on any atom is 0.313 e. The molecule has 0 atom stereocenters. The first kappa shape index (κ1) is 17.7. The fraction of sp³-hybridized carbons (Fsp3) is 0.267. The smallest absolute Gasteiger partial charge is 0.313 e. The zero-order valence-electron chi connectivity index (χ0n) is 12.6. The van der Waals surface area contributed by atoms with E-state index in [-0.39, 0.29) is 18.1 Å². The first-order valence-corrected chi connectivity index (χ1v) is 6.50. The van der Waals surface area contributed by atoms with Crippen molar-refractivity contribution in [3.63, 3.8) is 0 Å². The van der Waals surface area contributed by atoms with Crippen LogP contribution in [0.5, 0.6) is 5.75 Å². The van der Waals surface area contributed by atoms with E-state index in [0.717, 1.165) is 17.0 Å². The number of nitrogens with zero attached hydrogens (tertiary/aromatic N) is 2. The summed E-state index contributed by atoms with van der Waals surface area (Å²) in [6.07, 6.45) is 0. The molecule has 0 saturated carbocycles. The van der Waals surface area contributed by atoms with Crippen LogP contribution < -0.4 is 10.1 Å². The summed E-state index contributed by atoms with van der Waals surface area (Å²) in [7, 11) is 1.61. The quantitative estimate of drug-likeness (QED) is 0.671. The second kappa shape index (κ2) is 7.61. The average Bonchev–Trinajstić information content (AvgIpc) is 2.44. The topological polar surface area (TPSA) is 77.3 Å². The number of nitro groups is 1. The fourth-order valence-electron chi connectivity index (χ4n) is 2.13. The number of nitrogens with one attached hydrogen (secondary N) is 1. The highest BCUT2D eigenvalue weighted by molar-refractivity contribution is 5.85. The van der Waals surface area contributed by atoms with E-state index in [1.54, 1.807) is 20.1 Å². The first-order valence-electron chi connectivity index (χ1n) is 6.50. The van der Waals surface area contributed by atoms with Gasteiger partial charge in [0.05, 0.1) is 12.0 Å². The van der Waals surface area contributed by atoms with Crippen LogP contribution in [0.4, 0.5) is 11.4 Å². The molecule has 0 saturated heterocycles. The molecule has 22 heavy (non-hydrogen) atoms. The predicted octanol–water partition coefficient (Wildman–Crippen LogP) is 3.65. The number of ether oxygens (including phenoxy) is 1. The highest BCUT2D eigenvalue weighted by Gasteiger charge is 2.19. The monoisotopic (exact) mass is 323 g/mol. The minimum Gasteiger partial charge on any atom is -0.497 e. The normalized spacial score (nSPS) is 9.77. The number of benzene rings is 1. The fourth-order valence-corrected chi connectivity index (χ4v) is 2.13. The van der Waals surface area contributed by atoms with Gasteiger partial charge in [-0.15, -0.1) is 12.4 Å². The Morgan fingerprint density at radius 3 is 2.45 bits per heavy atom. The lowest BCUT2D eigenvalue weighted by molar-refractivity contribution is -0.384. The molecule has 2 aromatic rings. The minimum atomic E-state index is -0.405. The van der Waals surface area contributed by atoms with Gasteiger partial charge in [0.25, 0.3) is 0 Å². The third-order valence-electron chi connectivity index (χ3n) is 3.12. The molecule has 0 unspecified atom stereocenters. The highest BCUT2D eigenvalue weighted by Crippen LogP contribution is 2.28. The van der Waals surface area contributed by atoms with E-state index >= 15 is 0 Å². The Balaban J connectivity index is 0.00000242. The summed E-state index contributed by atoms with van der Waals surface area (Å²) < 4.78 is 5.10. The number of aryl methyl sites for hydroxylation is 2. The Bertz CT molecular complexity index is 660. The van der Waals surface area contributed by atoms with Crippen LogP contribution in [0.2, 0.25) is 0 Å². The van der Waals surface area contributed by atoms with Crippen molar-refractivity contribution in [3.05, 3.63) is 57.4 Å². The molecule has 0 amide bonds. The molecule has 0 spiro atoms. The summed E-state index contributed by atoms with van der Waals surface area (Å²) in [6.45, 7) is 3.95. The molecule has 1 heterocycles. The molecule has 7 heteroatoms. The van der Waals surface area contributed by atoms with Gasteiger partial charge in [-0.25, -0.2) is 0 Å². The molecule has 0 fully saturated rings. The lowest BCUT2D eigenvalue weighted by atomic mass is 10.2. The molecule has 0 aliphatic heterocycles. The summed E-state index contributed by atoms with van der Waals surface area (Å²) in [5.74, 6) is 0.778. The van der Waals surface area contributed by atoms with Crippen molar-refractivity contribution in [2.75, 3.05) is 12.4 Å². The van der Waals surface area contributed by atoms with Crippen LogP contribution in [-0.2, 0) is 6.54 Å². The van der Waals surface area contributed by atoms with Gasteiger partial charge in [-0.2, -0.15) is 0 Å². The van der Waals surface area contributed by atoms with Gasteiger partial charge in [0.1, 0.15) is 17.1 Å². The van der Waals surface area contributed by atoms with Crippen LogP contribution in [0, 0.1) is 24.0 Å². The molecule has 0 radical (unpaired) electrons. The maximum atomic E-state index is 11.2. The Morgan fingerprint density at radius 1 is 1.27 bits per heavy atom. The van der Waals surface area contributed by atoms with Gasteiger partial charge < -0.3 is 10.1 Å². The van der Waals surface area contributed by atoms with Crippen LogP contribution in [0.25, 0.3) is 0 Å². The summed E-state index contributed by atoms with van der Waals surface area (Å²) in [6, 6.07) is 9.23. The molecule has 0 bridgehead atoms. The number of hydrogen-bond acceptors (Lipinski definition) is 5. The molecule has 118 valence electrons. The number of hydrogen-bond donors (Lipinski definition) is 1. The van der Waals surface area contributed by atoms with Gasteiger partial charge in [0.15, 0.2) is 0 Å². The predicted molar refractivity (Wildman–Crippen MR) is 87.9 cm³/mol. The van der Waals surface area contributed by atoms with Crippen molar-refractivity contribution in [1.82, 2.24) is 4.98 Å². The van der Waals surface area contributed by atoms with Crippen molar-refractivity contribution in [2.24, 2.45) is 0 Å². The van der Waals surface area contributed by atoms with Gasteiger partial charge in [0, 0.05) is 12.2 Å². The zero-order chi connectivity index (χ0) is 15.4. The highest BCUT2D eigenvalue weighted by atomic mass is 35.5. The summed E-state index contributed by atoms with van der Waals surface area (Å²) in [5.41, 5.74) is 2.68. The third kappa shape index (κ3) is 4.08. The van der Waals surface area contributed by atoms with Crippen LogP contribution >= 0.6 is 12.4 Å². The minimum absolute atomic E-state index is 0. The number of pyridine rings is 1. The van der Waals surface area contributed by atoms with Gasteiger partial charge in [-0.05, 0) is 37.6 Å². The molecule has 1 aromatic carbocycles. The average molecular weight is 324 g/mol. The Hall–Kier alpha value is -2.34. The molecule has 0 aliphatic rings. The van der Waals surface area contributed by atoms with Crippen molar-refractivity contribution >= 4 is 23.8 Å². The Kier molecular flexibility index (Phi) is 6.12. The molecule has 2 rings (SSSR count). The van der Waals surface area contributed by atoms with E-state index < -0.39 is 4.92 Å². The summed E-state index contributed by atoms with van der Waals surface area (Å²) in [4.78, 5) is 14.9. The number of aromatic nitrogens is 1. The maximum absolute atomic E-state index is 11.2. The number of rotatable bonds is 5. The molecule has 1 aromatic heterocycles. The van der Waals surface area contributed by atoms with E-state index in [4.69, 9.17) is 4.74 Å². The van der Waals surface area contributed by atoms with Crippen molar-refractivity contribution in [2.45, 2.75) is 20.4 Å². The first-order chi connectivity index (χ1) is 10.0. The molecular formula is C15H18ClN3O3. The second-order valence-corrected chi connectivity index (χ2v) is 4.70. The lowest BCUT2D eigenvalue weighted by Gasteiger charge is -2.10. The number of methoxy groups -OCH3 is 1. The van der Waals surface area contributed by atoms with Gasteiger partial charge in [0.2, 0.25) is 0 Å². The molecule has 0 aliphatic carbocycles. The van der Waals surface area contributed by atoms with Gasteiger partial charge in [-0.1, -0.05) is 12.1 Å². The molecule has 6 nitrogen and oxygen atoms in total. The standard InChI is InChI=1S/C15H17N3O3.ClH/c1-10-8-14(15(18(19)20)11(2)17-10)16-9-12-4-6-13(21-3)7-5-12;/h4-8H,9H2,1-3H3,(H,16,17);1H. The summed E-state index contributed by atoms with van der Waals surface area (Å²) >= 11 is 0. The van der Waals surface area contributed by atoms with Crippen molar-refractivity contribution in [1.29, 1.82) is 0 Å². The SMILES string of the molecule is COc1ccc(CNc2cc(C)nc(C)c2[N+](=O)[O-])cc1.Cl. The molecular weight excluding hydrogens is 306 g/mol. The van der Waals surface area contributed by atoms with Crippen LogP contribution in [0.15, 0.2) is 30.3 Å². The van der Waals surface area contributed by atoms with E-state index in [0.29, 0.717) is 17.9 Å². The van der Waals surface area contributed by atoms with Gasteiger partial charge >= 0.3 is 5.69 Å². The van der Waals surface area contributed by atoms with Crippen LogP contribution in [-0.4, -0.2) is 17.0 Å². The Labute approximate surface area is 135 Å². The zero-order valence-corrected chi connectivity index (χ0v) is 13.4. The lowest BCUT2D eigenvalue weighted by Crippen LogP contribution is -2.06. The second-order valence-electron chi connectivity index (χ2n) is 4.70. The van der Waals surface area contributed by atoms with E-state index in [1.165, 1.54) is 0 Å². The van der Waals surface area contributed by atoms with Gasteiger partial charge in [-0.3, -0.25) is 15.1 Å². The Morgan fingerprint density at radius 2 is 1.91 bits per heavy atom.